The molecule has 0 bridgehead atoms. The quantitative estimate of drug-likeness (QED) is 0.937. The lowest BCUT2D eigenvalue weighted by Crippen LogP contribution is -2.33. The van der Waals surface area contributed by atoms with E-state index in [9.17, 15) is 0 Å². The molecular weight excluding hydrogens is 260 g/mol. The lowest BCUT2D eigenvalue weighted by molar-refractivity contribution is 0.216. The Morgan fingerprint density at radius 3 is 2.62 bits per heavy atom. The first-order valence-corrected chi connectivity index (χ1v) is 7.55. The van der Waals surface area contributed by atoms with Gasteiger partial charge in [0, 0.05) is 37.7 Å². The van der Waals surface area contributed by atoms with E-state index in [1.807, 2.05) is 12.1 Å². The molecular formula is C18H22N2O. The Kier molecular flexibility index (Phi) is 4.53. The van der Waals surface area contributed by atoms with Crippen LogP contribution in [0.15, 0.2) is 54.6 Å². The number of nitrogens with two attached hydrogens (primary N) is 1. The van der Waals surface area contributed by atoms with E-state index in [-0.39, 0.29) is 0 Å². The summed E-state index contributed by atoms with van der Waals surface area (Å²) >= 11 is 0. The number of ether oxygens (including phenoxy) is 1. The smallest absolute Gasteiger partial charge is 0.123 e. The van der Waals surface area contributed by atoms with Gasteiger partial charge in [0.2, 0.25) is 0 Å². The molecule has 0 amide bonds. The molecule has 110 valence electrons. The first-order valence-electron chi connectivity index (χ1n) is 7.55. The average molecular weight is 282 g/mol. The zero-order valence-electron chi connectivity index (χ0n) is 12.2. The molecule has 1 aliphatic rings. The fourth-order valence-corrected chi connectivity index (χ4v) is 2.89. The monoisotopic (exact) mass is 282 g/mol. The summed E-state index contributed by atoms with van der Waals surface area (Å²) in [5.41, 5.74) is 8.58. The molecule has 3 nitrogen and oxygen atoms in total. The lowest BCUT2D eigenvalue weighted by atomic mass is 9.98. The van der Waals surface area contributed by atoms with Gasteiger partial charge < -0.3 is 10.5 Å². The molecule has 1 atom stereocenters. The molecule has 0 aromatic heterocycles. The SMILES string of the molecule is NCC(CN1CCOc2ccccc2C1)c1ccccc1. The van der Waals surface area contributed by atoms with Gasteiger partial charge in [-0.05, 0) is 11.6 Å². The van der Waals surface area contributed by atoms with Crippen LogP contribution < -0.4 is 10.5 Å². The fraction of sp³-hybridized carbons (Fsp3) is 0.333. The third-order valence-corrected chi connectivity index (χ3v) is 4.07. The number of hydrogen-bond donors (Lipinski definition) is 1. The first-order chi connectivity index (χ1) is 10.4. The Labute approximate surface area is 126 Å². The maximum atomic E-state index is 6.00. The summed E-state index contributed by atoms with van der Waals surface area (Å²) in [6.45, 7) is 4.25. The fourth-order valence-electron chi connectivity index (χ4n) is 2.89. The van der Waals surface area contributed by atoms with E-state index >= 15 is 0 Å². The summed E-state index contributed by atoms with van der Waals surface area (Å²) in [7, 11) is 0. The van der Waals surface area contributed by atoms with Gasteiger partial charge in [-0.1, -0.05) is 48.5 Å². The van der Waals surface area contributed by atoms with Gasteiger partial charge in [0.05, 0.1) is 0 Å². The normalized spacial score (nSPS) is 16.6. The average Bonchev–Trinajstić information content (AvgIpc) is 2.75. The standard InChI is InChI=1S/C18H22N2O/c19-12-17(15-6-2-1-3-7-15)14-20-10-11-21-18-9-5-4-8-16(18)13-20/h1-9,17H,10-14,19H2. The van der Waals surface area contributed by atoms with Gasteiger partial charge in [0.1, 0.15) is 12.4 Å². The van der Waals surface area contributed by atoms with Crippen LogP contribution in [0, 0.1) is 0 Å². The van der Waals surface area contributed by atoms with Gasteiger partial charge in [-0.25, -0.2) is 0 Å². The van der Waals surface area contributed by atoms with Crippen LogP contribution in [0.1, 0.15) is 17.0 Å². The molecule has 2 aromatic carbocycles. The second-order valence-electron chi connectivity index (χ2n) is 5.53. The van der Waals surface area contributed by atoms with E-state index in [4.69, 9.17) is 10.5 Å². The number of rotatable bonds is 4. The first kappa shape index (κ1) is 14.1. The van der Waals surface area contributed by atoms with E-state index in [1.165, 1.54) is 11.1 Å². The Bertz CT molecular complexity index is 570. The van der Waals surface area contributed by atoms with Crippen molar-refractivity contribution in [2.24, 2.45) is 5.73 Å². The summed E-state index contributed by atoms with van der Waals surface area (Å²) < 4.78 is 5.83. The predicted molar refractivity (Wildman–Crippen MR) is 85.5 cm³/mol. The van der Waals surface area contributed by atoms with Gasteiger partial charge in [0.15, 0.2) is 0 Å². The minimum atomic E-state index is 0.372. The molecule has 21 heavy (non-hydrogen) atoms. The highest BCUT2D eigenvalue weighted by Gasteiger charge is 2.19. The van der Waals surface area contributed by atoms with Crippen molar-refractivity contribution in [1.82, 2.24) is 4.90 Å². The van der Waals surface area contributed by atoms with Crippen LogP contribution in [0.2, 0.25) is 0 Å². The van der Waals surface area contributed by atoms with Crippen molar-refractivity contribution in [3.05, 3.63) is 65.7 Å². The maximum Gasteiger partial charge on any atom is 0.123 e. The molecule has 1 aliphatic heterocycles. The molecule has 3 rings (SSSR count). The molecule has 0 saturated carbocycles. The Balaban J connectivity index is 1.72. The van der Waals surface area contributed by atoms with Crippen LogP contribution in [-0.4, -0.2) is 31.1 Å². The van der Waals surface area contributed by atoms with Gasteiger partial charge in [-0.15, -0.1) is 0 Å². The van der Waals surface area contributed by atoms with E-state index < -0.39 is 0 Å². The summed E-state index contributed by atoms with van der Waals surface area (Å²) in [4.78, 5) is 2.44. The molecule has 0 aliphatic carbocycles. The van der Waals surface area contributed by atoms with Crippen LogP contribution in [0.3, 0.4) is 0 Å². The van der Waals surface area contributed by atoms with Crippen LogP contribution in [0.5, 0.6) is 5.75 Å². The summed E-state index contributed by atoms with van der Waals surface area (Å²) in [5.74, 6) is 1.39. The molecule has 0 saturated heterocycles. The van der Waals surface area contributed by atoms with Crippen molar-refractivity contribution in [3.8, 4) is 5.75 Å². The predicted octanol–water partition coefficient (Wildman–Crippen LogP) is 2.62. The molecule has 0 spiro atoms. The number of fused-ring (bicyclic) bond motifs is 1. The van der Waals surface area contributed by atoms with Crippen molar-refractivity contribution in [2.75, 3.05) is 26.2 Å². The van der Waals surface area contributed by atoms with Crippen LogP contribution >= 0.6 is 0 Å². The Morgan fingerprint density at radius 2 is 1.81 bits per heavy atom. The number of hydrogen-bond acceptors (Lipinski definition) is 3. The van der Waals surface area contributed by atoms with Crippen LogP contribution in [0.25, 0.3) is 0 Å². The summed E-state index contributed by atoms with van der Waals surface area (Å²) in [6.07, 6.45) is 0. The highest BCUT2D eigenvalue weighted by Crippen LogP contribution is 2.24. The third kappa shape index (κ3) is 3.43. The van der Waals surface area contributed by atoms with Crippen LogP contribution in [0.4, 0.5) is 0 Å². The van der Waals surface area contributed by atoms with E-state index in [0.717, 1.165) is 32.0 Å². The summed E-state index contributed by atoms with van der Waals surface area (Å²) in [5, 5.41) is 0. The number of nitrogens with zero attached hydrogens (tertiary/aromatic N) is 1. The zero-order chi connectivity index (χ0) is 14.5. The highest BCUT2D eigenvalue weighted by molar-refractivity contribution is 5.33. The van der Waals surface area contributed by atoms with Gasteiger partial charge in [-0.2, -0.15) is 0 Å². The summed E-state index contributed by atoms with van der Waals surface area (Å²) in [6, 6.07) is 18.8. The van der Waals surface area contributed by atoms with Crippen molar-refractivity contribution < 1.29 is 4.74 Å². The largest absolute Gasteiger partial charge is 0.492 e. The van der Waals surface area contributed by atoms with Gasteiger partial charge in [0.25, 0.3) is 0 Å². The van der Waals surface area contributed by atoms with Gasteiger partial charge in [-0.3, -0.25) is 4.90 Å². The van der Waals surface area contributed by atoms with Crippen molar-refractivity contribution in [1.29, 1.82) is 0 Å². The van der Waals surface area contributed by atoms with Crippen molar-refractivity contribution in [3.63, 3.8) is 0 Å². The van der Waals surface area contributed by atoms with Crippen molar-refractivity contribution >= 4 is 0 Å². The van der Waals surface area contributed by atoms with E-state index in [1.54, 1.807) is 0 Å². The van der Waals surface area contributed by atoms with Crippen LogP contribution in [-0.2, 0) is 6.54 Å². The zero-order valence-corrected chi connectivity index (χ0v) is 12.2. The molecule has 1 heterocycles. The Hall–Kier alpha value is -1.84. The third-order valence-electron chi connectivity index (χ3n) is 4.07. The second-order valence-corrected chi connectivity index (χ2v) is 5.53. The van der Waals surface area contributed by atoms with E-state index in [2.05, 4.69) is 47.4 Å². The maximum absolute atomic E-state index is 6.00. The number of para-hydroxylation sites is 1. The lowest BCUT2D eigenvalue weighted by Gasteiger charge is -2.25. The molecule has 0 radical (unpaired) electrons. The topological polar surface area (TPSA) is 38.5 Å². The minimum absolute atomic E-state index is 0.372. The molecule has 2 N–H and O–H groups in total. The minimum Gasteiger partial charge on any atom is -0.492 e. The second kappa shape index (κ2) is 6.74. The van der Waals surface area contributed by atoms with Gasteiger partial charge >= 0.3 is 0 Å². The molecule has 3 heteroatoms. The highest BCUT2D eigenvalue weighted by atomic mass is 16.5. The van der Waals surface area contributed by atoms with Crippen molar-refractivity contribution in [2.45, 2.75) is 12.5 Å². The molecule has 2 aromatic rings. The van der Waals surface area contributed by atoms with E-state index in [0.29, 0.717) is 12.5 Å². The molecule has 0 fully saturated rings. The Morgan fingerprint density at radius 1 is 1.05 bits per heavy atom. The molecule has 1 unspecified atom stereocenters. The number of benzene rings is 2.